The van der Waals surface area contributed by atoms with Gasteiger partial charge >= 0.3 is 11.6 Å². The summed E-state index contributed by atoms with van der Waals surface area (Å²) in [5, 5.41) is 22.3. The van der Waals surface area contributed by atoms with E-state index in [1.165, 1.54) is 6.08 Å². The van der Waals surface area contributed by atoms with E-state index in [1.54, 1.807) is 19.9 Å². The number of aryl methyl sites for hydroxylation is 1. The number of hydrogen-bond donors (Lipinski definition) is 2. The Bertz CT molecular complexity index is 1340. The zero-order valence-corrected chi connectivity index (χ0v) is 27.4. The summed E-state index contributed by atoms with van der Waals surface area (Å²) in [4.78, 5) is 25.7. The lowest BCUT2D eigenvalue weighted by atomic mass is 9.44. The lowest BCUT2D eigenvalue weighted by Crippen LogP contribution is -2.59. The van der Waals surface area contributed by atoms with Crippen molar-refractivity contribution in [1.29, 1.82) is 0 Å². The maximum absolute atomic E-state index is 12.9. The molecule has 3 aliphatic rings. The van der Waals surface area contributed by atoms with Crippen molar-refractivity contribution in [3.05, 3.63) is 63.8 Å². The molecule has 43 heavy (non-hydrogen) atoms. The molecule has 238 valence electrons. The molecule has 8 atom stereocenters. The number of rotatable bonds is 7. The molecule has 2 N–H and O–H groups in total. The van der Waals surface area contributed by atoms with Gasteiger partial charge in [0.25, 0.3) is 0 Å². The van der Waals surface area contributed by atoms with Gasteiger partial charge in [0.1, 0.15) is 17.6 Å². The summed E-state index contributed by atoms with van der Waals surface area (Å²) in [7, 11) is 0. The Morgan fingerprint density at radius 2 is 1.81 bits per heavy atom. The van der Waals surface area contributed by atoms with E-state index < -0.39 is 23.4 Å². The van der Waals surface area contributed by atoms with Gasteiger partial charge in [-0.05, 0) is 100 Å². The SMILES string of the molecule is C=C1[C@H](O)C[C@@H]2[C@](C)(CC[C@@H]3OC(C)(C)[C@@H](OC(=O)C=CC=C[C@H](C)CC)CC[C@]23C)[C@H]1Cc1c(O)c(C)c(C)oc1=O. The normalized spacial score (nSPS) is 34.9. The van der Waals surface area contributed by atoms with Gasteiger partial charge in [-0.15, -0.1) is 0 Å². The number of allylic oxidation sites excluding steroid dienone is 3. The van der Waals surface area contributed by atoms with Crippen molar-refractivity contribution in [3.63, 3.8) is 0 Å². The number of aliphatic hydroxyl groups is 1. The molecule has 3 fully saturated rings. The van der Waals surface area contributed by atoms with Crippen LogP contribution in [0.15, 0.2) is 45.7 Å². The molecule has 1 aromatic heterocycles. The molecule has 0 amide bonds. The third-order valence-electron chi connectivity index (χ3n) is 11.3. The highest BCUT2D eigenvalue weighted by Gasteiger charge is 2.62. The average Bonchev–Trinajstić information content (AvgIpc) is 3.04. The molecule has 1 saturated heterocycles. The van der Waals surface area contributed by atoms with Gasteiger partial charge < -0.3 is 24.1 Å². The van der Waals surface area contributed by atoms with E-state index in [0.717, 1.165) is 25.7 Å². The summed E-state index contributed by atoms with van der Waals surface area (Å²) < 4.78 is 18.3. The zero-order valence-electron chi connectivity index (χ0n) is 27.4. The molecule has 0 bridgehead atoms. The van der Waals surface area contributed by atoms with Crippen molar-refractivity contribution in [1.82, 2.24) is 0 Å². The fraction of sp³-hybridized carbons (Fsp3) is 0.667. The van der Waals surface area contributed by atoms with Gasteiger partial charge in [-0.25, -0.2) is 9.59 Å². The van der Waals surface area contributed by atoms with Gasteiger partial charge in [-0.1, -0.05) is 58.9 Å². The Morgan fingerprint density at radius 3 is 2.49 bits per heavy atom. The lowest BCUT2D eigenvalue weighted by Gasteiger charge is -2.62. The quantitative estimate of drug-likeness (QED) is 0.153. The number of hydrogen-bond acceptors (Lipinski definition) is 7. The molecule has 4 rings (SSSR count). The van der Waals surface area contributed by atoms with Gasteiger partial charge in [0, 0.05) is 11.6 Å². The van der Waals surface area contributed by atoms with Crippen molar-refractivity contribution in [2.75, 3.05) is 0 Å². The van der Waals surface area contributed by atoms with Gasteiger partial charge in [0.05, 0.1) is 23.4 Å². The Kier molecular flexibility index (Phi) is 9.59. The van der Waals surface area contributed by atoms with Gasteiger partial charge in [-0.2, -0.15) is 0 Å². The predicted molar refractivity (Wildman–Crippen MR) is 168 cm³/mol. The zero-order chi connectivity index (χ0) is 31.9. The molecule has 0 unspecified atom stereocenters. The molecule has 0 radical (unpaired) electrons. The molecule has 0 spiro atoms. The van der Waals surface area contributed by atoms with Crippen LogP contribution in [0.2, 0.25) is 0 Å². The van der Waals surface area contributed by atoms with E-state index in [4.69, 9.17) is 13.9 Å². The van der Waals surface area contributed by atoms with E-state index in [2.05, 4.69) is 40.3 Å². The van der Waals surface area contributed by atoms with Crippen LogP contribution >= 0.6 is 0 Å². The van der Waals surface area contributed by atoms with Crippen LogP contribution in [0, 0.1) is 42.4 Å². The molecule has 1 aromatic rings. The highest BCUT2D eigenvalue weighted by atomic mass is 16.6. The summed E-state index contributed by atoms with van der Waals surface area (Å²) in [6, 6.07) is 0. The van der Waals surface area contributed by atoms with E-state index >= 15 is 0 Å². The fourth-order valence-electron chi connectivity index (χ4n) is 8.09. The van der Waals surface area contributed by atoms with Crippen LogP contribution in [0.1, 0.15) is 97.0 Å². The Balaban J connectivity index is 1.60. The van der Waals surface area contributed by atoms with Crippen LogP contribution in [0.25, 0.3) is 0 Å². The monoisotopic (exact) mass is 596 g/mol. The summed E-state index contributed by atoms with van der Waals surface area (Å²) in [5.41, 5.74) is -0.337. The number of ether oxygens (including phenoxy) is 2. The molecule has 0 aromatic carbocycles. The molecular formula is C36H52O7. The third-order valence-corrected chi connectivity index (χ3v) is 11.3. The summed E-state index contributed by atoms with van der Waals surface area (Å²) in [6.07, 6.45) is 10.8. The van der Waals surface area contributed by atoms with E-state index in [9.17, 15) is 19.8 Å². The van der Waals surface area contributed by atoms with Crippen LogP contribution in [-0.2, 0) is 20.7 Å². The number of carbonyl (C=O) groups is 1. The molecule has 2 heterocycles. The molecule has 7 heteroatoms. The highest BCUT2D eigenvalue weighted by Crippen LogP contribution is 2.64. The first-order chi connectivity index (χ1) is 20.0. The standard InChI is InChI=1S/C36H52O7/c1-10-21(2)13-11-12-14-31(38)42-29-15-18-36(9)28-20-27(37)23(4)26(19-25-32(39)22(3)24(5)41-33(25)40)35(28,8)17-16-30(36)43-34(29,6)7/h11-14,21,26-30,37,39H,4,10,15-20H2,1-3,5-9H3/t21-,26+,27-,28-,29+,30+,35-,36-/m1/s1. The maximum Gasteiger partial charge on any atom is 0.342 e. The molecular weight excluding hydrogens is 544 g/mol. The fourth-order valence-corrected chi connectivity index (χ4v) is 8.09. The first-order valence-electron chi connectivity index (χ1n) is 16.0. The van der Waals surface area contributed by atoms with Gasteiger partial charge in [0.2, 0.25) is 0 Å². The number of fused-ring (bicyclic) bond motifs is 3. The highest BCUT2D eigenvalue weighted by molar-refractivity contribution is 5.82. The van der Waals surface area contributed by atoms with Crippen molar-refractivity contribution in [3.8, 4) is 5.75 Å². The van der Waals surface area contributed by atoms with Crippen LogP contribution in [0.4, 0.5) is 0 Å². The Morgan fingerprint density at radius 1 is 1.14 bits per heavy atom. The van der Waals surface area contributed by atoms with Crippen molar-refractivity contribution in [2.45, 2.75) is 124 Å². The first kappa shape index (κ1) is 33.3. The van der Waals surface area contributed by atoms with Crippen LogP contribution in [0.5, 0.6) is 5.75 Å². The summed E-state index contributed by atoms with van der Waals surface area (Å²) in [6.45, 7) is 20.5. The van der Waals surface area contributed by atoms with E-state index in [0.29, 0.717) is 35.7 Å². The number of carbonyl (C=O) groups excluding carboxylic acids is 1. The second-order valence-corrected chi connectivity index (χ2v) is 14.4. The predicted octanol–water partition coefficient (Wildman–Crippen LogP) is 6.89. The smallest absolute Gasteiger partial charge is 0.342 e. The number of aliphatic hydroxyl groups excluding tert-OH is 1. The Labute approximate surface area is 257 Å². The largest absolute Gasteiger partial charge is 0.507 e. The summed E-state index contributed by atoms with van der Waals surface area (Å²) in [5.74, 6) is 0.262. The van der Waals surface area contributed by atoms with Crippen LogP contribution < -0.4 is 5.63 Å². The second-order valence-electron chi connectivity index (χ2n) is 14.4. The van der Waals surface area contributed by atoms with Crippen LogP contribution in [0.3, 0.4) is 0 Å². The van der Waals surface area contributed by atoms with E-state index in [1.807, 2.05) is 19.9 Å². The number of aromatic hydroxyl groups is 1. The topological polar surface area (TPSA) is 106 Å². The molecule has 1 aliphatic heterocycles. The minimum absolute atomic E-state index is 0.0321. The number of esters is 1. The Hall–Kier alpha value is -2.64. The van der Waals surface area contributed by atoms with Gasteiger partial charge in [0.15, 0.2) is 0 Å². The minimum Gasteiger partial charge on any atom is -0.507 e. The molecule has 2 aliphatic carbocycles. The van der Waals surface area contributed by atoms with Crippen molar-refractivity contribution in [2.24, 2.45) is 28.6 Å². The maximum atomic E-state index is 12.9. The minimum atomic E-state index is -0.738. The van der Waals surface area contributed by atoms with Crippen LogP contribution in [-0.4, -0.2) is 40.1 Å². The third kappa shape index (κ3) is 6.30. The second kappa shape index (κ2) is 12.4. The van der Waals surface area contributed by atoms with E-state index in [-0.39, 0.29) is 52.5 Å². The van der Waals surface area contributed by atoms with Gasteiger partial charge in [-0.3, -0.25) is 0 Å². The van der Waals surface area contributed by atoms with Crippen molar-refractivity contribution < 1.29 is 28.9 Å². The summed E-state index contributed by atoms with van der Waals surface area (Å²) >= 11 is 0. The lowest BCUT2D eigenvalue weighted by molar-refractivity contribution is -0.209. The first-order valence-corrected chi connectivity index (χ1v) is 16.0. The average molecular weight is 597 g/mol. The molecule has 7 nitrogen and oxygen atoms in total. The molecule has 2 saturated carbocycles. The van der Waals surface area contributed by atoms with Crippen molar-refractivity contribution >= 4 is 5.97 Å².